The summed E-state index contributed by atoms with van der Waals surface area (Å²) in [7, 11) is 1.44. The van der Waals surface area contributed by atoms with E-state index < -0.39 is 0 Å². The number of hydrogen-bond donors (Lipinski definition) is 1. The number of nitrogens with two attached hydrogens (primary N) is 1. The number of benzene rings is 1. The van der Waals surface area contributed by atoms with Crippen LogP contribution in [0.5, 0.6) is 5.75 Å². The Balaban J connectivity index is 3.12. The number of ether oxygens (including phenoxy) is 1. The molecule has 0 fully saturated rings. The van der Waals surface area contributed by atoms with Crippen LogP contribution in [0.4, 0.5) is 4.39 Å². The van der Waals surface area contributed by atoms with Gasteiger partial charge in [-0.1, -0.05) is 32.1 Å². The summed E-state index contributed by atoms with van der Waals surface area (Å²) in [6.45, 7) is 4.01. The fourth-order valence-electron chi connectivity index (χ4n) is 1.75. The molecule has 0 heterocycles. The Morgan fingerprint density at radius 2 is 2.06 bits per heavy atom. The van der Waals surface area contributed by atoms with E-state index in [9.17, 15) is 4.39 Å². The van der Waals surface area contributed by atoms with Crippen LogP contribution in [-0.4, -0.2) is 12.1 Å². The maximum atomic E-state index is 13.5. The number of thiocarbonyl (C=S) groups is 1. The van der Waals surface area contributed by atoms with Gasteiger partial charge in [0.1, 0.15) is 0 Å². The van der Waals surface area contributed by atoms with Crippen molar-refractivity contribution < 1.29 is 9.13 Å². The molecular weight excluding hydrogens is 225 g/mol. The summed E-state index contributed by atoms with van der Waals surface area (Å²) >= 11 is 5.00. The normalized spacial score (nSPS) is 12.6. The first-order valence-corrected chi connectivity index (χ1v) is 5.51. The highest BCUT2D eigenvalue weighted by atomic mass is 32.1. The summed E-state index contributed by atoms with van der Waals surface area (Å²) in [4.78, 5) is 0.388. The smallest absolute Gasteiger partial charge is 0.165 e. The summed E-state index contributed by atoms with van der Waals surface area (Å²) < 4.78 is 18.4. The molecule has 1 aromatic rings. The van der Waals surface area contributed by atoms with Gasteiger partial charge in [-0.15, -0.1) is 0 Å². The SMILES string of the molecule is COc1ccc(C(C(N)=S)C(C)C)cc1F. The Morgan fingerprint density at radius 1 is 1.44 bits per heavy atom. The van der Waals surface area contributed by atoms with Gasteiger partial charge in [0.15, 0.2) is 11.6 Å². The number of halogens is 1. The molecule has 0 aromatic heterocycles. The highest BCUT2D eigenvalue weighted by molar-refractivity contribution is 7.80. The maximum Gasteiger partial charge on any atom is 0.165 e. The van der Waals surface area contributed by atoms with Crippen LogP contribution in [0.25, 0.3) is 0 Å². The highest BCUT2D eigenvalue weighted by Crippen LogP contribution is 2.28. The molecule has 0 amide bonds. The van der Waals surface area contributed by atoms with Gasteiger partial charge in [0.2, 0.25) is 0 Å². The Kier molecular flexibility index (Phi) is 4.24. The van der Waals surface area contributed by atoms with Gasteiger partial charge in [-0.2, -0.15) is 0 Å². The first-order chi connectivity index (χ1) is 7.47. The van der Waals surface area contributed by atoms with E-state index in [4.69, 9.17) is 22.7 Å². The molecule has 88 valence electrons. The minimum absolute atomic E-state index is 0.101. The molecule has 0 spiro atoms. The molecule has 1 atom stereocenters. The Hall–Kier alpha value is -1.16. The minimum Gasteiger partial charge on any atom is -0.494 e. The van der Waals surface area contributed by atoms with E-state index in [1.165, 1.54) is 13.2 Å². The van der Waals surface area contributed by atoms with E-state index in [2.05, 4.69) is 0 Å². The predicted molar refractivity (Wildman–Crippen MR) is 67.3 cm³/mol. The van der Waals surface area contributed by atoms with E-state index >= 15 is 0 Å². The monoisotopic (exact) mass is 241 g/mol. The molecule has 0 saturated heterocycles. The van der Waals surface area contributed by atoms with Gasteiger partial charge in [0.05, 0.1) is 12.1 Å². The lowest BCUT2D eigenvalue weighted by Crippen LogP contribution is -2.23. The molecule has 0 aliphatic heterocycles. The molecule has 0 bridgehead atoms. The number of methoxy groups -OCH3 is 1. The van der Waals surface area contributed by atoms with Crippen molar-refractivity contribution in [2.75, 3.05) is 7.11 Å². The fourth-order valence-corrected chi connectivity index (χ4v) is 2.16. The number of rotatable bonds is 4. The zero-order chi connectivity index (χ0) is 12.3. The van der Waals surface area contributed by atoms with E-state index in [0.717, 1.165) is 5.56 Å². The van der Waals surface area contributed by atoms with Crippen LogP contribution in [0.15, 0.2) is 18.2 Å². The summed E-state index contributed by atoms with van der Waals surface area (Å²) in [6.07, 6.45) is 0. The first kappa shape index (κ1) is 12.9. The standard InChI is InChI=1S/C12H16FNOS/c1-7(2)11(12(14)16)8-4-5-10(15-3)9(13)6-8/h4-7,11H,1-3H3,(H2,14,16). The summed E-state index contributed by atoms with van der Waals surface area (Å²) in [5, 5.41) is 0. The zero-order valence-corrected chi connectivity index (χ0v) is 10.5. The van der Waals surface area contributed by atoms with Crippen LogP contribution in [0.3, 0.4) is 0 Å². The fraction of sp³-hybridized carbons (Fsp3) is 0.417. The average molecular weight is 241 g/mol. The van der Waals surface area contributed by atoms with Crippen molar-refractivity contribution in [3.63, 3.8) is 0 Å². The van der Waals surface area contributed by atoms with Crippen LogP contribution >= 0.6 is 12.2 Å². The molecule has 1 aromatic carbocycles. The topological polar surface area (TPSA) is 35.2 Å². The molecule has 2 nitrogen and oxygen atoms in total. The van der Waals surface area contributed by atoms with Gasteiger partial charge in [-0.3, -0.25) is 0 Å². The van der Waals surface area contributed by atoms with Crippen molar-refractivity contribution >= 4 is 17.2 Å². The lowest BCUT2D eigenvalue weighted by Gasteiger charge is -2.20. The third kappa shape index (κ3) is 2.70. The molecule has 1 rings (SSSR count). The van der Waals surface area contributed by atoms with Crippen LogP contribution in [0, 0.1) is 11.7 Å². The largest absolute Gasteiger partial charge is 0.494 e. The van der Waals surface area contributed by atoms with Gasteiger partial charge < -0.3 is 10.5 Å². The molecule has 4 heteroatoms. The van der Waals surface area contributed by atoms with Gasteiger partial charge in [0.25, 0.3) is 0 Å². The first-order valence-electron chi connectivity index (χ1n) is 5.10. The highest BCUT2D eigenvalue weighted by Gasteiger charge is 2.20. The zero-order valence-electron chi connectivity index (χ0n) is 9.66. The van der Waals surface area contributed by atoms with E-state index in [0.29, 0.717) is 4.99 Å². The summed E-state index contributed by atoms with van der Waals surface area (Å²) in [5.41, 5.74) is 6.46. The molecule has 1 unspecified atom stereocenters. The van der Waals surface area contributed by atoms with Crippen LogP contribution in [-0.2, 0) is 0 Å². The molecule has 0 radical (unpaired) electrons. The molecule has 16 heavy (non-hydrogen) atoms. The lowest BCUT2D eigenvalue weighted by molar-refractivity contribution is 0.386. The van der Waals surface area contributed by atoms with Crippen molar-refractivity contribution in [2.45, 2.75) is 19.8 Å². The molecule has 0 aliphatic carbocycles. The van der Waals surface area contributed by atoms with Crippen molar-refractivity contribution in [1.29, 1.82) is 0 Å². The third-order valence-corrected chi connectivity index (χ3v) is 2.76. The van der Waals surface area contributed by atoms with Crippen molar-refractivity contribution in [3.05, 3.63) is 29.6 Å². The van der Waals surface area contributed by atoms with Crippen LogP contribution in [0.1, 0.15) is 25.3 Å². The Bertz CT molecular complexity index is 393. The van der Waals surface area contributed by atoms with Crippen LogP contribution in [0.2, 0.25) is 0 Å². The predicted octanol–water partition coefficient (Wildman–Crippen LogP) is 2.86. The average Bonchev–Trinajstić information content (AvgIpc) is 2.16. The van der Waals surface area contributed by atoms with Crippen LogP contribution < -0.4 is 10.5 Å². The van der Waals surface area contributed by atoms with E-state index in [-0.39, 0.29) is 23.4 Å². The Labute approximate surface area is 101 Å². The van der Waals surface area contributed by atoms with Crippen molar-refractivity contribution in [2.24, 2.45) is 11.7 Å². The van der Waals surface area contributed by atoms with Crippen molar-refractivity contribution in [1.82, 2.24) is 0 Å². The quantitative estimate of drug-likeness (QED) is 0.823. The molecule has 0 saturated carbocycles. The lowest BCUT2D eigenvalue weighted by atomic mass is 9.88. The Morgan fingerprint density at radius 3 is 2.44 bits per heavy atom. The maximum absolute atomic E-state index is 13.5. The van der Waals surface area contributed by atoms with E-state index in [1.54, 1.807) is 12.1 Å². The van der Waals surface area contributed by atoms with Gasteiger partial charge in [-0.05, 0) is 23.6 Å². The molecule has 0 aliphatic rings. The number of hydrogen-bond acceptors (Lipinski definition) is 2. The second kappa shape index (κ2) is 5.25. The second-order valence-electron chi connectivity index (χ2n) is 4.02. The third-order valence-electron chi connectivity index (χ3n) is 2.51. The molecular formula is C12H16FNOS. The van der Waals surface area contributed by atoms with Gasteiger partial charge >= 0.3 is 0 Å². The molecule has 2 N–H and O–H groups in total. The minimum atomic E-state index is -0.387. The van der Waals surface area contributed by atoms with Gasteiger partial charge in [0, 0.05) is 5.92 Å². The van der Waals surface area contributed by atoms with E-state index in [1.807, 2.05) is 13.8 Å². The summed E-state index contributed by atoms with van der Waals surface area (Å²) in [5.74, 6) is -0.0169. The summed E-state index contributed by atoms with van der Waals surface area (Å²) in [6, 6.07) is 4.83. The van der Waals surface area contributed by atoms with Gasteiger partial charge in [-0.25, -0.2) is 4.39 Å². The second-order valence-corrected chi connectivity index (χ2v) is 4.49. The van der Waals surface area contributed by atoms with Crippen molar-refractivity contribution in [3.8, 4) is 5.75 Å².